The molecule has 0 radical (unpaired) electrons. The van der Waals surface area contributed by atoms with Crippen molar-refractivity contribution in [1.82, 2.24) is 10.2 Å². The van der Waals surface area contributed by atoms with Crippen molar-refractivity contribution in [1.29, 1.82) is 0 Å². The largest absolute Gasteiger partial charge is 0.464 e. The summed E-state index contributed by atoms with van der Waals surface area (Å²) >= 11 is 0. The van der Waals surface area contributed by atoms with E-state index in [4.69, 9.17) is 4.42 Å². The molecule has 0 saturated carbocycles. The fraction of sp³-hybridized carbons (Fsp3) is 0.500. The third-order valence-corrected chi connectivity index (χ3v) is 5.03. The first kappa shape index (κ1) is 16.3. The number of hydrogen-bond acceptors (Lipinski definition) is 3. The number of carbonyl (C=O) groups is 1. The normalized spacial score (nSPS) is 20.4. The van der Waals surface area contributed by atoms with Gasteiger partial charge in [0.05, 0.1) is 12.7 Å². The summed E-state index contributed by atoms with van der Waals surface area (Å²) in [6, 6.07) is 4.67. The van der Waals surface area contributed by atoms with Crippen molar-refractivity contribution in [3.8, 4) is 0 Å². The van der Waals surface area contributed by atoms with Crippen molar-refractivity contribution in [3.05, 3.63) is 35.1 Å². The summed E-state index contributed by atoms with van der Waals surface area (Å²) in [5.74, 6) is 0.206. The Bertz CT molecular complexity index is 725. The molecular formula is C18H23ClN2O2. The number of nitrogens with one attached hydrogen (secondary N) is 1. The molecule has 4 nitrogen and oxygen atoms in total. The molecule has 1 aromatic heterocycles. The van der Waals surface area contributed by atoms with E-state index in [-0.39, 0.29) is 24.4 Å². The highest BCUT2D eigenvalue weighted by molar-refractivity contribution is 5.89. The zero-order valence-electron chi connectivity index (χ0n) is 13.4. The smallest absolute Gasteiger partial charge is 0.227 e. The van der Waals surface area contributed by atoms with E-state index in [1.54, 1.807) is 6.26 Å². The molecule has 1 amide bonds. The standard InChI is InChI=1S/C18H22N2O2.ClH/c1-12-10-19-5-6-20(12)18(21)9-15-11-22-17-8-14-4-2-3-13(14)7-16(15)17;/h7-8,11-12,19H,2-6,9-10H2,1H3;1H/t12-;/m0./s1. The topological polar surface area (TPSA) is 45.5 Å². The van der Waals surface area contributed by atoms with Crippen molar-refractivity contribution < 1.29 is 9.21 Å². The van der Waals surface area contributed by atoms with Crippen LogP contribution in [0.1, 0.15) is 30.0 Å². The molecule has 0 unspecified atom stereocenters. The minimum absolute atomic E-state index is 0. The molecule has 5 heteroatoms. The third-order valence-electron chi connectivity index (χ3n) is 5.03. The summed E-state index contributed by atoms with van der Waals surface area (Å²) in [6.45, 7) is 4.66. The fourth-order valence-electron chi connectivity index (χ4n) is 3.76. The van der Waals surface area contributed by atoms with Gasteiger partial charge in [-0.25, -0.2) is 0 Å². The molecule has 23 heavy (non-hydrogen) atoms. The monoisotopic (exact) mass is 334 g/mol. The Labute approximate surface area is 142 Å². The minimum Gasteiger partial charge on any atom is -0.464 e. The van der Waals surface area contributed by atoms with Gasteiger partial charge in [0, 0.05) is 36.6 Å². The van der Waals surface area contributed by atoms with Crippen molar-refractivity contribution >= 4 is 29.3 Å². The Hall–Kier alpha value is -1.52. The Morgan fingerprint density at radius 2 is 2.13 bits per heavy atom. The van der Waals surface area contributed by atoms with Gasteiger partial charge in [-0.15, -0.1) is 12.4 Å². The maximum atomic E-state index is 12.6. The van der Waals surface area contributed by atoms with Gasteiger partial charge in [0.1, 0.15) is 5.58 Å². The zero-order valence-corrected chi connectivity index (χ0v) is 14.2. The molecular weight excluding hydrogens is 312 g/mol. The van der Waals surface area contributed by atoms with Gasteiger partial charge in [0.2, 0.25) is 5.91 Å². The van der Waals surface area contributed by atoms with Crippen LogP contribution >= 0.6 is 12.4 Å². The van der Waals surface area contributed by atoms with Crippen LogP contribution in [0, 0.1) is 0 Å². The number of hydrogen-bond donors (Lipinski definition) is 1. The molecule has 1 aliphatic carbocycles. The van der Waals surface area contributed by atoms with Gasteiger partial charge in [0.15, 0.2) is 0 Å². The van der Waals surface area contributed by atoms with Gasteiger partial charge in [0.25, 0.3) is 0 Å². The lowest BCUT2D eigenvalue weighted by atomic mass is 10.0. The van der Waals surface area contributed by atoms with Crippen LogP contribution in [-0.2, 0) is 24.1 Å². The second kappa shape index (κ2) is 6.54. The van der Waals surface area contributed by atoms with E-state index in [0.29, 0.717) is 6.42 Å². The second-order valence-electron chi connectivity index (χ2n) is 6.55. The Morgan fingerprint density at radius 3 is 2.91 bits per heavy atom. The minimum atomic E-state index is 0. The number of halogens is 1. The number of aryl methyl sites for hydroxylation is 2. The highest BCUT2D eigenvalue weighted by atomic mass is 35.5. The molecule has 1 fully saturated rings. The van der Waals surface area contributed by atoms with Crippen LogP contribution in [0.25, 0.3) is 11.0 Å². The first-order chi connectivity index (χ1) is 10.7. The van der Waals surface area contributed by atoms with Gasteiger partial charge in [-0.1, -0.05) is 0 Å². The summed E-state index contributed by atoms with van der Waals surface area (Å²) in [7, 11) is 0. The summed E-state index contributed by atoms with van der Waals surface area (Å²) < 4.78 is 5.71. The van der Waals surface area contributed by atoms with Crippen LogP contribution in [0.3, 0.4) is 0 Å². The zero-order chi connectivity index (χ0) is 15.1. The van der Waals surface area contributed by atoms with E-state index in [1.165, 1.54) is 17.5 Å². The molecule has 1 N–H and O–H groups in total. The molecule has 4 rings (SSSR count). The highest BCUT2D eigenvalue weighted by Gasteiger charge is 2.24. The van der Waals surface area contributed by atoms with E-state index >= 15 is 0 Å². The number of amides is 1. The Balaban J connectivity index is 0.00000156. The lowest BCUT2D eigenvalue weighted by molar-refractivity contribution is -0.133. The van der Waals surface area contributed by atoms with Crippen molar-refractivity contribution in [2.45, 2.75) is 38.6 Å². The molecule has 0 spiro atoms. The van der Waals surface area contributed by atoms with E-state index < -0.39 is 0 Å². The first-order valence-electron chi connectivity index (χ1n) is 8.24. The number of rotatable bonds is 2. The first-order valence-corrected chi connectivity index (χ1v) is 8.24. The summed E-state index contributed by atoms with van der Waals surface area (Å²) in [6.07, 6.45) is 5.74. The maximum absolute atomic E-state index is 12.6. The van der Waals surface area contributed by atoms with Gasteiger partial charge in [-0.05, 0) is 49.4 Å². The highest BCUT2D eigenvalue weighted by Crippen LogP contribution is 2.30. The van der Waals surface area contributed by atoms with E-state index in [2.05, 4.69) is 24.4 Å². The number of carbonyl (C=O) groups excluding carboxylic acids is 1. The number of fused-ring (bicyclic) bond motifs is 2. The van der Waals surface area contributed by atoms with Crippen LogP contribution in [-0.4, -0.2) is 36.5 Å². The molecule has 0 bridgehead atoms. The van der Waals surface area contributed by atoms with Gasteiger partial charge >= 0.3 is 0 Å². The number of piperazine rings is 1. The summed E-state index contributed by atoms with van der Waals surface area (Å²) in [5, 5.41) is 4.45. The quantitative estimate of drug-likeness (QED) is 0.918. The van der Waals surface area contributed by atoms with Crippen LogP contribution in [0.4, 0.5) is 0 Å². The van der Waals surface area contributed by atoms with E-state index in [0.717, 1.165) is 49.0 Å². The van der Waals surface area contributed by atoms with Crippen molar-refractivity contribution in [3.63, 3.8) is 0 Å². The molecule has 1 aromatic carbocycles. The predicted molar refractivity (Wildman–Crippen MR) is 93.2 cm³/mol. The molecule has 1 aliphatic heterocycles. The number of furan rings is 1. The SMILES string of the molecule is C[C@H]1CNCCN1C(=O)Cc1coc2cc3c(cc12)CCC3.Cl. The van der Waals surface area contributed by atoms with E-state index in [1.807, 2.05) is 4.90 Å². The summed E-state index contributed by atoms with van der Waals surface area (Å²) in [5.41, 5.74) is 4.80. The van der Waals surface area contributed by atoms with Crippen molar-refractivity contribution in [2.24, 2.45) is 0 Å². The molecule has 1 atom stereocenters. The van der Waals surface area contributed by atoms with Crippen LogP contribution in [0.15, 0.2) is 22.8 Å². The lowest BCUT2D eigenvalue weighted by Gasteiger charge is -2.34. The molecule has 124 valence electrons. The number of nitrogens with zero attached hydrogens (tertiary/aromatic N) is 1. The maximum Gasteiger partial charge on any atom is 0.227 e. The van der Waals surface area contributed by atoms with Crippen LogP contribution in [0.2, 0.25) is 0 Å². The Kier molecular flexibility index (Phi) is 4.64. The molecule has 2 aromatic rings. The fourth-order valence-corrected chi connectivity index (χ4v) is 3.76. The third kappa shape index (κ3) is 2.98. The predicted octanol–water partition coefficient (Wildman–Crippen LogP) is 2.71. The molecule has 1 saturated heterocycles. The Morgan fingerprint density at radius 1 is 1.35 bits per heavy atom. The van der Waals surface area contributed by atoms with Gasteiger partial charge < -0.3 is 14.6 Å². The lowest BCUT2D eigenvalue weighted by Crippen LogP contribution is -2.52. The van der Waals surface area contributed by atoms with E-state index in [9.17, 15) is 4.79 Å². The number of benzene rings is 1. The average molecular weight is 335 g/mol. The average Bonchev–Trinajstić information content (AvgIpc) is 3.12. The second-order valence-corrected chi connectivity index (χ2v) is 6.55. The van der Waals surface area contributed by atoms with Gasteiger partial charge in [-0.2, -0.15) is 0 Å². The van der Waals surface area contributed by atoms with Crippen LogP contribution in [0.5, 0.6) is 0 Å². The summed E-state index contributed by atoms with van der Waals surface area (Å²) in [4.78, 5) is 14.6. The molecule has 2 aliphatic rings. The van der Waals surface area contributed by atoms with Crippen molar-refractivity contribution in [2.75, 3.05) is 19.6 Å². The molecule has 2 heterocycles. The van der Waals surface area contributed by atoms with Gasteiger partial charge in [-0.3, -0.25) is 4.79 Å². The van der Waals surface area contributed by atoms with Crippen LogP contribution < -0.4 is 5.32 Å².